The number of carbonyl (C=O) groups is 1. The number of aromatic nitrogens is 1. The smallest absolute Gasteiger partial charge is 0.254 e. The van der Waals surface area contributed by atoms with Crippen LogP contribution in [0.3, 0.4) is 0 Å². The van der Waals surface area contributed by atoms with E-state index in [-0.39, 0.29) is 5.91 Å². The van der Waals surface area contributed by atoms with Gasteiger partial charge in [-0.25, -0.2) is 4.98 Å². The van der Waals surface area contributed by atoms with Crippen LogP contribution in [-0.2, 0) is 0 Å². The zero-order valence-corrected chi connectivity index (χ0v) is 11.2. The minimum Gasteiger partial charge on any atom is -0.373 e. The zero-order chi connectivity index (χ0) is 13.1. The molecule has 0 bridgehead atoms. The number of amides is 1. The standard InChI is InChI=1S/C13H20N4O/c1-14-12-8-10(4-6-15-12)13(18)17-7-5-11(9-17)16(2)3/h4,6,8,11H,5,7,9H2,1-3H3,(H,14,15). The fourth-order valence-electron chi connectivity index (χ4n) is 2.23. The molecule has 0 spiro atoms. The predicted octanol–water partition coefficient (Wildman–Crippen LogP) is 0.899. The molecule has 0 aromatic carbocycles. The van der Waals surface area contributed by atoms with E-state index in [1.165, 1.54) is 0 Å². The molecule has 1 N–H and O–H groups in total. The molecular formula is C13H20N4O. The Morgan fingerprint density at radius 2 is 2.33 bits per heavy atom. The third kappa shape index (κ3) is 2.61. The molecule has 1 saturated heterocycles. The maximum absolute atomic E-state index is 12.3. The van der Waals surface area contributed by atoms with Crippen LogP contribution in [0.25, 0.3) is 0 Å². The van der Waals surface area contributed by atoms with Gasteiger partial charge in [-0.3, -0.25) is 4.79 Å². The molecule has 5 heteroatoms. The number of nitrogens with zero attached hydrogens (tertiary/aromatic N) is 3. The lowest BCUT2D eigenvalue weighted by atomic mass is 10.2. The van der Waals surface area contributed by atoms with Crippen LogP contribution in [0.1, 0.15) is 16.8 Å². The Labute approximate surface area is 108 Å². The largest absolute Gasteiger partial charge is 0.373 e. The summed E-state index contributed by atoms with van der Waals surface area (Å²) >= 11 is 0. The number of likely N-dealkylation sites (N-methyl/N-ethyl adjacent to an activating group) is 1. The second-order valence-electron chi connectivity index (χ2n) is 4.84. The molecule has 1 aliphatic heterocycles. The highest BCUT2D eigenvalue weighted by molar-refractivity contribution is 5.95. The predicted molar refractivity (Wildman–Crippen MR) is 71.8 cm³/mol. The zero-order valence-electron chi connectivity index (χ0n) is 11.2. The van der Waals surface area contributed by atoms with Gasteiger partial charge in [-0.15, -0.1) is 0 Å². The van der Waals surface area contributed by atoms with Crippen molar-refractivity contribution >= 4 is 11.7 Å². The van der Waals surface area contributed by atoms with Gasteiger partial charge in [0.05, 0.1) is 0 Å². The average Bonchev–Trinajstić information content (AvgIpc) is 2.87. The molecule has 1 aliphatic rings. The van der Waals surface area contributed by atoms with Crippen LogP contribution >= 0.6 is 0 Å². The van der Waals surface area contributed by atoms with E-state index in [0.29, 0.717) is 11.6 Å². The van der Waals surface area contributed by atoms with Crippen molar-refractivity contribution in [3.63, 3.8) is 0 Å². The van der Waals surface area contributed by atoms with Gasteiger partial charge in [0, 0.05) is 37.9 Å². The van der Waals surface area contributed by atoms with Crippen LogP contribution in [0, 0.1) is 0 Å². The quantitative estimate of drug-likeness (QED) is 0.863. The Balaban J connectivity index is 2.08. The van der Waals surface area contributed by atoms with Crippen LogP contribution in [0.2, 0.25) is 0 Å². The second-order valence-corrected chi connectivity index (χ2v) is 4.84. The number of hydrogen-bond acceptors (Lipinski definition) is 4. The number of rotatable bonds is 3. The van der Waals surface area contributed by atoms with Crippen LogP contribution in [0.4, 0.5) is 5.82 Å². The summed E-state index contributed by atoms with van der Waals surface area (Å²) in [6.07, 6.45) is 2.71. The molecule has 1 aromatic rings. The lowest BCUT2D eigenvalue weighted by molar-refractivity contribution is 0.0783. The number of nitrogens with one attached hydrogen (secondary N) is 1. The van der Waals surface area contributed by atoms with Gasteiger partial charge in [0.15, 0.2) is 0 Å². The molecule has 0 saturated carbocycles. The second kappa shape index (κ2) is 5.35. The summed E-state index contributed by atoms with van der Waals surface area (Å²) in [5.41, 5.74) is 0.703. The van der Waals surface area contributed by atoms with Crippen LogP contribution in [0.5, 0.6) is 0 Å². The SMILES string of the molecule is CNc1cc(C(=O)N2CCC(N(C)C)C2)ccn1. The maximum Gasteiger partial charge on any atom is 0.254 e. The first-order valence-corrected chi connectivity index (χ1v) is 6.21. The van der Waals surface area contributed by atoms with E-state index in [1.54, 1.807) is 25.4 Å². The maximum atomic E-state index is 12.3. The molecule has 0 aliphatic carbocycles. The van der Waals surface area contributed by atoms with Crippen molar-refractivity contribution in [2.75, 3.05) is 39.5 Å². The third-order valence-electron chi connectivity index (χ3n) is 3.44. The monoisotopic (exact) mass is 248 g/mol. The number of pyridine rings is 1. The molecule has 5 nitrogen and oxygen atoms in total. The first-order valence-electron chi connectivity index (χ1n) is 6.21. The Kier molecular flexibility index (Phi) is 3.81. The van der Waals surface area contributed by atoms with Gasteiger partial charge in [-0.2, -0.15) is 0 Å². The van der Waals surface area contributed by atoms with E-state index in [2.05, 4.69) is 29.3 Å². The lowest BCUT2D eigenvalue weighted by Gasteiger charge is -2.20. The minimum absolute atomic E-state index is 0.0956. The van der Waals surface area contributed by atoms with Gasteiger partial charge in [0.2, 0.25) is 0 Å². The highest BCUT2D eigenvalue weighted by atomic mass is 16.2. The van der Waals surface area contributed by atoms with E-state index in [4.69, 9.17) is 0 Å². The summed E-state index contributed by atoms with van der Waals surface area (Å²) in [4.78, 5) is 20.6. The van der Waals surface area contributed by atoms with Crippen molar-refractivity contribution in [2.24, 2.45) is 0 Å². The Morgan fingerprint density at radius 3 is 2.94 bits per heavy atom. The van der Waals surface area contributed by atoms with E-state index in [0.717, 1.165) is 25.3 Å². The molecule has 18 heavy (non-hydrogen) atoms. The molecule has 0 radical (unpaired) electrons. The van der Waals surface area contributed by atoms with Gasteiger partial charge in [-0.05, 0) is 32.6 Å². The lowest BCUT2D eigenvalue weighted by Crippen LogP contribution is -2.34. The van der Waals surface area contributed by atoms with E-state index in [9.17, 15) is 4.79 Å². The van der Waals surface area contributed by atoms with Crippen molar-refractivity contribution < 1.29 is 4.79 Å². The number of anilines is 1. The third-order valence-corrected chi connectivity index (χ3v) is 3.44. The summed E-state index contributed by atoms with van der Waals surface area (Å²) in [6.45, 7) is 1.64. The van der Waals surface area contributed by atoms with E-state index in [1.807, 2.05) is 4.90 Å². The number of carbonyl (C=O) groups excluding carboxylic acids is 1. The van der Waals surface area contributed by atoms with Gasteiger partial charge in [0.1, 0.15) is 5.82 Å². The van der Waals surface area contributed by atoms with Crippen molar-refractivity contribution in [1.82, 2.24) is 14.8 Å². The van der Waals surface area contributed by atoms with Crippen molar-refractivity contribution in [3.8, 4) is 0 Å². The molecule has 2 heterocycles. The van der Waals surface area contributed by atoms with Gasteiger partial charge < -0.3 is 15.1 Å². The summed E-state index contributed by atoms with van der Waals surface area (Å²) in [6, 6.07) is 4.04. The summed E-state index contributed by atoms with van der Waals surface area (Å²) in [5, 5.41) is 2.95. The molecule has 98 valence electrons. The van der Waals surface area contributed by atoms with Crippen molar-refractivity contribution in [1.29, 1.82) is 0 Å². The topological polar surface area (TPSA) is 48.5 Å². The van der Waals surface area contributed by atoms with Crippen molar-refractivity contribution in [3.05, 3.63) is 23.9 Å². The van der Waals surface area contributed by atoms with Gasteiger partial charge in [0.25, 0.3) is 5.91 Å². The molecular weight excluding hydrogens is 228 g/mol. The fraction of sp³-hybridized carbons (Fsp3) is 0.538. The normalized spacial score (nSPS) is 19.3. The van der Waals surface area contributed by atoms with E-state index >= 15 is 0 Å². The molecule has 1 amide bonds. The Morgan fingerprint density at radius 1 is 1.56 bits per heavy atom. The highest BCUT2D eigenvalue weighted by Gasteiger charge is 2.28. The summed E-state index contributed by atoms with van der Waals surface area (Å²) < 4.78 is 0. The molecule has 1 atom stereocenters. The van der Waals surface area contributed by atoms with Crippen LogP contribution < -0.4 is 5.32 Å². The first-order chi connectivity index (χ1) is 8.61. The molecule has 1 unspecified atom stereocenters. The molecule has 1 aromatic heterocycles. The highest BCUT2D eigenvalue weighted by Crippen LogP contribution is 2.17. The average molecular weight is 248 g/mol. The van der Waals surface area contributed by atoms with Gasteiger partial charge >= 0.3 is 0 Å². The fourth-order valence-corrected chi connectivity index (χ4v) is 2.23. The van der Waals surface area contributed by atoms with Crippen molar-refractivity contribution in [2.45, 2.75) is 12.5 Å². The number of hydrogen-bond donors (Lipinski definition) is 1. The molecule has 2 rings (SSSR count). The van der Waals surface area contributed by atoms with Gasteiger partial charge in [-0.1, -0.05) is 0 Å². The first kappa shape index (κ1) is 12.8. The van der Waals surface area contributed by atoms with Crippen LogP contribution in [-0.4, -0.2) is 61.0 Å². The minimum atomic E-state index is 0.0956. The summed E-state index contributed by atoms with van der Waals surface area (Å²) in [5.74, 6) is 0.822. The summed E-state index contributed by atoms with van der Waals surface area (Å²) in [7, 11) is 5.92. The Hall–Kier alpha value is -1.62. The number of likely N-dealkylation sites (tertiary alicyclic amines) is 1. The Bertz CT molecular complexity index is 433. The molecule has 1 fully saturated rings. The van der Waals surface area contributed by atoms with Crippen LogP contribution in [0.15, 0.2) is 18.3 Å². The van der Waals surface area contributed by atoms with E-state index < -0.39 is 0 Å².